The highest BCUT2D eigenvalue weighted by molar-refractivity contribution is 5.91. The van der Waals surface area contributed by atoms with Crippen LogP contribution in [0.1, 0.15) is 49.3 Å². The lowest BCUT2D eigenvalue weighted by atomic mass is 9.92. The van der Waals surface area contributed by atoms with Gasteiger partial charge in [-0.1, -0.05) is 109 Å². The van der Waals surface area contributed by atoms with Crippen LogP contribution in [0.2, 0.25) is 0 Å². The summed E-state index contributed by atoms with van der Waals surface area (Å²) in [4.78, 5) is 13.8. The van der Waals surface area contributed by atoms with Crippen LogP contribution in [0, 0.1) is 0 Å². The summed E-state index contributed by atoms with van der Waals surface area (Å²) in [5.41, 5.74) is 3.32. The highest BCUT2D eigenvalue weighted by atomic mass is 16.6. The van der Waals surface area contributed by atoms with E-state index in [4.69, 9.17) is 23.7 Å². The smallest absolute Gasteiger partial charge is 0.419 e. The third-order valence-corrected chi connectivity index (χ3v) is 8.23. The Morgan fingerprint density at radius 2 is 1.25 bits per heavy atom. The summed E-state index contributed by atoms with van der Waals surface area (Å²) in [6.45, 7) is 6.53. The standard InChI is InChI=1S/C40H43NO7/c1-40(2,3)48-39(43)41-32-22-14-13-21-31(32)23-33(41)36-35(42)38(46-26-30-19-11-6-12-20-30)37(45-25-29-17-9-5-10-18-29)34(47-36)27-44-24-28-15-7-4-8-16-28/h4-23,34-38,42H,24-27H2,1-3H3/t34-,35-,36-,37-,38-/m1/s1. The Hall–Kier alpha value is -4.31. The summed E-state index contributed by atoms with van der Waals surface area (Å²) >= 11 is 0. The number of fused-ring (bicyclic) bond motifs is 1. The Morgan fingerprint density at radius 3 is 1.83 bits per heavy atom. The molecule has 0 unspecified atom stereocenters. The molecule has 1 aliphatic heterocycles. The van der Waals surface area contributed by atoms with Crippen LogP contribution >= 0.6 is 0 Å². The van der Waals surface area contributed by atoms with Gasteiger partial charge in [0, 0.05) is 5.39 Å². The Morgan fingerprint density at radius 1 is 0.729 bits per heavy atom. The average Bonchev–Trinajstić information content (AvgIpc) is 3.48. The molecular weight excluding hydrogens is 606 g/mol. The lowest BCUT2D eigenvalue weighted by molar-refractivity contribution is -0.264. The van der Waals surface area contributed by atoms with Crippen molar-refractivity contribution in [1.82, 2.24) is 4.57 Å². The normalized spacial score (nSPS) is 21.3. The second-order valence-electron chi connectivity index (χ2n) is 13.1. The molecule has 8 heteroatoms. The average molecular weight is 650 g/mol. The second kappa shape index (κ2) is 15.3. The van der Waals surface area contributed by atoms with Crippen molar-refractivity contribution in [3.63, 3.8) is 0 Å². The van der Waals surface area contributed by atoms with E-state index in [1.165, 1.54) is 4.57 Å². The number of nitrogens with zero attached hydrogens (tertiary/aromatic N) is 1. The summed E-state index contributed by atoms with van der Waals surface area (Å²) < 4.78 is 33.4. The minimum atomic E-state index is -1.20. The number of para-hydroxylation sites is 1. The van der Waals surface area contributed by atoms with E-state index in [1.54, 1.807) is 0 Å². The van der Waals surface area contributed by atoms with Gasteiger partial charge < -0.3 is 28.8 Å². The van der Waals surface area contributed by atoms with Gasteiger partial charge in [0.1, 0.15) is 36.1 Å². The summed E-state index contributed by atoms with van der Waals surface area (Å²) in [6, 6.07) is 39.0. The Labute approximate surface area is 281 Å². The van der Waals surface area contributed by atoms with Gasteiger partial charge in [-0.3, -0.25) is 0 Å². The molecule has 0 aliphatic carbocycles. The van der Waals surface area contributed by atoms with Gasteiger partial charge in [-0.15, -0.1) is 0 Å². The molecule has 1 saturated heterocycles. The number of hydrogen-bond donors (Lipinski definition) is 1. The number of aliphatic hydroxyl groups excluding tert-OH is 1. The van der Waals surface area contributed by atoms with Gasteiger partial charge in [0.15, 0.2) is 0 Å². The summed E-state index contributed by atoms with van der Waals surface area (Å²) in [5.74, 6) is 0. The van der Waals surface area contributed by atoms with Crippen molar-refractivity contribution in [2.75, 3.05) is 6.61 Å². The van der Waals surface area contributed by atoms with Crippen LogP contribution in [-0.4, -0.2) is 52.4 Å². The van der Waals surface area contributed by atoms with Gasteiger partial charge in [-0.2, -0.15) is 0 Å². The fourth-order valence-electron chi connectivity index (χ4n) is 6.00. The molecule has 2 heterocycles. The number of ether oxygens (including phenoxy) is 5. The number of rotatable bonds is 11. The lowest BCUT2D eigenvalue weighted by Gasteiger charge is -2.44. The van der Waals surface area contributed by atoms with Gasteiger partial charge in [0.05, 0.1) is 37.6 Å². The minimum Gasteiger partial charge on any atom is -0.443 e. The molecule has 5 aromatic rings. The van der Waals surface area contributed by atoms with Crippen LogP contribution < -0.4 is 0 Å². The SMILES string of the molecule is CC(C)(C)OC(=O)n1c([C@H]2O[C@H](COCc3ccccc3)[C@@H](OCc3ccccc3)[C@H](OCc3ccccc3)[C@@H]2O)cc2ccccc21. The maximum absolute atomic E-state index is 13.8. The Bertz CT molecular complexity index is 1750. The monoisotopic (exact) mass is 649 g/mol. The van der Waals surface area contributed by atoms with Crippen molar-refractivity contribution in [3.05, 3.63) is 144 Å². The maximum atomic E-state index is 13.8. The van der Waals surface area contributed by atoms with Crippen molar-refractivity contribution < 1.29 is 33.6 Å². The summed E-state index contributed by atoms with van der Waals surface area (Å²) in [6.07, 6.45) is -4.91. The van der Waals surface area contributed by atoms with Crippen molar-refractivity contribution in [1.29, 1.82) is 0 Å². The first-order valence-corrected chi connectivity index (χ1v) is 16.4. The highest BCUT2D eigenvalue weighted by Crippen LogP contribution is 2.39. The Balaban J connectivity index is 1.37. The van der Waals surface area contributed by atoms with Crippen molar-refractivity contribution in [3.8, 4) is 0 Å². The molecule has 250 valence electrons. The van der Waals surface area contributed by atoms with E-state index in [-0.39, 0.29) is 19.8 Å². The van der Waals surface area contributed by atoms with Gasteiger partial charge in [0.2, 0.25) is 0 Å². The molecular formula is C40H43NO7. The summed E-state index contributed by atoms with van der Waals surface area (Å²) in [5, 5.41) is 13.0. The van der Waals surface area contributed by atoms with Gasteiger partial charge >= 0.3 is 6.09 Å². The zero-order valence-corrected chi connectivity index (χ0v) is 27.6. The molecule has 0 radical (unpaired) electrons. The van der Waals surface area contributed by atoms with Crippen molar-refractivity contribution in [2.24, 2.45) is 0 Å². The third kappa shape index (κ3) is 8.21. The van der Waals surface area contributed by atoms with E-state index in [0.29, 0.717) is 17.8 Å². The molecule has 0 saturated carbocycles. The molecule has 0 bridgehead atoms. The molecule has 48 heavy (non-hydrogen) atoms. The number of carbonyl (C=O) groups excluding carboxylic acids is 1. The van der Waals surface area contributed by atoms with Crippen molar-refractivity contribution in [2.45, 2.75) is 76.7 Å². The van der Waals surface area contributed by atoms with Gasteiger partial charge in [0.25, 0.3) is 0 Å². The van der Waals surface area contributed by atoms with Crippen molar-refractivity contribution >= 4 is 17.0 Å². The lowest BCUT2D eigenvalue weighted by Crippen LogP contribution is -2.57. The zero-order valence-electron chi connectivity index (χ0n) is 27.6. The van der Waals surface area contributed by atoms with E-state index in [1.807, 2.05) is 142 Å². The van der Waals surface area contributed by atoms with Gasteiger partial charge in [-0.05, 0) is 49.6 Å². The largest absolute Gasteiger partial charge is 0.443 e. The van der Waals surface area contributed by atoms with E-state index in [0.717, 1.165) is 22.1 Å². The molecule has 8 nitrogen and oxygen atoms in total. The van der Waals surface area contributed by atoms with Crippen LogP contribution in [-0.2, 0) is 43.5 Å². The first kappa shape index (κ1) is 33.6. The van der Waals surface area contributed by atoms with Crippen LogP contribution in [0.4, 0.5) is 4.79 Å². The van der Waals surface area contributed by atoms with Crippen LogP contribution in [0.3, 0.4) is 0 Å². The molecule has 6 rings (SSSR count). The van der Waals surface area contributed by atoms with Crippen LogP contribution in [0.25, 0.3) is 10.9 Å². The minimum absolute atomic E-state index is 0.162. The highest BCUT2D eigenvalue weighted by Gasteiger charge is 2.49. The fraction of sp³-hybridized carbons (Fsp3) is 0.325. The number of benzene rings is 4. The van der Waals surface area contributed by atoms with E-state index >= 15 is 0 Å². The van der Waals surface area contributed by atoms with E-state index in [9.17, 15) is 9.90 Å². The zero-order chi connectivity index (χ0) is 33.5. The predicted molar refractivity (Wildman–Crippen MR) is 183 cm³/mol. The summed E-state index contributed by atoms with van der Waals surface area (Å²) in [7, 11) is 0. The first-order valence-electron chi connectivity index (χ1n) is 16.4. The van der Waals surface area contributed by atoms with Crippen LogP contribution in [0.5, 0.6) is 0 Å². The van der Waals surface area contributed by atoms with E-state index in [2.05, 4.69) is 0 Å². The second-order valence-corrected chi connectivity index (χ2v) is 13.1. The predicted octanol–water partition coefficient (Wildman–Crippen LogP) is 7.61. The van der Waals surface area contributed by atoms with Gasteiger partial charge in [-0.25, -0.2) is 9.36 Å². The first-order chi connectivity index (χ1) is 23.3. The molecule has 1 fully saturated rings. The molecule has 1 aliphatic rings. The Kier molecular flexibility index (Phi) is 10.7. The number of aromatic nitrogens is 1. The van der Waals surface area contributed by atoms with E-state index < -0.39 is 42.2 Å². The number of aliphatic hydroxyl groups is 1. The quantitative estimate of drug-likeness (QED) is 0.158. The molecule has 0 amide bonds. The molecule has 5 atom stereocenters. The molecule has 1 aromatic heterocycles. The molecule has 4 aromatic carbocycles. The van der Waals surface area contributed by atoms with Crippen LogP contribution in [0.15, 0.2) is 121 Å². The molecule has 0 spiro atoms. The number of hydrogen-bond acceptors (Lipinski definition) is 7. The third-order valence-electron chi connectivity index (χ3n) is 8.23. The maximum Gasteiger partial charge on any atom is 0.419 e. The number of carbonyl (C=O) groups is 1. The fourth-order valence-corrected chi connectivity index (χ4v) is 6.00. The topological polar surface area (TPSA) is 88.4 Å². The molecule has 1 N–H and O–H groups in total.